The number of halogens is 3. The van der Waals surface area contributed by atoms with Crippen LogP contribution in [0.25, 0.3) is 0 Å². The van der Waals surface area contributed by atoms with E-state index in [0.717, 1.165) is 13.1 Å². The van der Waals surface area contributed by atoms with E-state index in [1.807, 2.05) is 0 Å². The molecule has 1 N–H and O–H groups in total. The van der Waals surface area contributed by atoms with Gasteiger partial charge in [-0.15, -0.1) is 0 Å². The maximum atomic E-state index is 12.2. The summed E-state index contributed by atoms with van der Waals surface area (Å²) in [6, 6.07) is 0. The minimum absolute atomic E-state index is 0.127. The highest BCUT2D eigenvalue weighted by atomic mass is 19.4. The lowest BCUT2D eigenvalue weighted by molar-refractivity contribution is -0.190. The van der Waals surface area contributed by atoms with E-state index in [2.05, 4.69) is 20.0 Å². The molecule has 1 aromatic heterocycles. The standard InChI is InChI=1S/C9H12F3N3O/c1-6(9(10,11)12)16-8-5-14-4-7(15-8)3-13-2/h4-6,13H,3H2,1-2H3. The summed E-state index contributed by atoms with van der Waals surface area (Å²) in [6.45, 7) is 1.34. The van der Waals surface area contributed by atoms with Crippen molar-refractivity contribution in [2.24, 2.45) is 0 Å². The maximum Gasteiger partial charge on any atom is 0.425 e. The Labute approximate surface area is 90.9 Å². The van der Waals surface area contributed by atoms with E-state index in [9.17, 15) is 13.2 Å². The number of hydrogen-bond donors (Lipinski definition) is 1. The highest BCUT2D eigenvalue weighted by Gasteiger charge is 2.38. The lowest BCUT2D eigenvalue weighted by Crippen LogP contribution is -2.31. The van der Waals surface area contributed by atoms with Gasteiger partial charge in [0.2, 0.25) is 5.88 Å². The zero-order chi connectivity index (χ0) is 12.2. The van der Waals surface area contributed by atoms with Crippen molar-refractivity contribution in [3.8, 4) is 5.88 Å². The minimum Gasteiger partial charge on any atom is -0.464 e. The number of rotatable bonds is 4. The first-order valence-electron chi connectivity index (χ1n) is 4.62. The number of nitrogens with zero attached hydrogens (tertiary/aromatic N) is 2. The molecule has 0 aromatic carbocycles. The van der Waals surface area contributed by atoms with Crippen LogP contribution in [-0.2, 0) is 6.54 Å². The molecule has 0 spiro atoms. The first-order chi connectivity index (χ1) is 7.43. The predicted octanol–water partition coefficient (Wildman–Crippen LogP) is 1.53. The SMILES string of the molecule is CNCc1cncc(OC(C)C(F)(F)F)n1. The molecule has 1 atom stereocenters. The highest BCUT2D eigenvalue weighted by molar-refractivity contribution is 5.08. The molecule has 1 rings (SSSR count). The minimum atomic E-state index is -4.40. The molecule has 0 saturated carbocycles. The van der Waals surface area contributed by atoms with Crippen LogP contribution in [0, 0.1) is 0 Å². The fraction of sp³-hybridized carbons (Fsp3) is 0.556. The van der Waals surface area contributed by atoms with E-state index in [0.29, 0.717) is 12.2 Å². The van der Waals surface area contributed by atoms with Crippen LogP contribution in [0.2, 0.25) is 0 Å². The third kappa shape index (κ3) is 3.65. The molecule has 0 aliphatic carbocycles. The lowest BCUT2D eigenvalue weighted by Gasteiger charge is -2.16. The summed E-state index contributed by atoms with van der Waals surface area (Å²) in [5, 5.41) is 2.81. The Morgan fingerprint density at radius 3 is 2.69 bits per heavy atom. The van der Waals surface area contributed by atoms with Crippen molar-refractivity contribution in [1.29, 1.82) is 0 Å². The third-order valence-corrected chi connectivity index (χ3v) is 1.78. The first kappa shape index (κ1) is 12.7. The molecule has 0 amide bonds. The van der Waals surface area contributed by atoms with Crippen LogP contribution in [0.4, 0.5) is 13.2 Å². The fourth-order valence-electron chi connectivity index (χ4n) is 0.957. The molecule has 0 aliphatic rings. The molecule has 1 aromatic rings. The summed E-state index contributed by atoms with van der Waals surface area (Å²) in [6.07, 6.45) is -3.68. The number of ether oxygens (including phenoxy) is 1. The van der Waals surface area contributed by atoms with Crippen LogP contribution in [0.3, 0.4) is 0 Å². The van der Waals surface area contributed by atoms with Gasteiger partial charge in [-0.2, -0.15) is 13.2 Å². The van der Waals surface area contributed by atoms with Crippen molar-refractivity contribution in [1.82, 2.24) is 15.3 Å². The number of aromatic nitrogens is 2. The number of alkyl halides is 3. The monoisotopic (exact) mass is 235 g/mol. The van der Waals surface area contributed by atoms with E-state index in [-0.39, 0.29) is 5.88 Å². The largest absolute Gasteiger partial charge is 0.464 e. The average molecular weight is 235 g/mol. The Bertz CT molecular complexity index is 343. The Balaban J connectivity index is 2.70. The molecule has 4 nitrogen and oxygen atoms in total. The molecule has 0 fully saturated rings. The van der Waals surface area contributed by atoms with Gasteiger partial charge in [-0.05, 0) is 14.0 Å². The van der Waals surface area contributed by atoms with E-state index in [1.54, 1.807) is 7.05 Å². The summed E-state index contributed by atoms with van der Waals surface area (Å²) in [5.74, 6) is -0.127. The summed E-state index contributed by atoms with van der Waals surface area (Å²) in [7, 11) is 1.70. The van der Waals surface area contributed by atoms with Crippen LogP contribution in [0.5, 0.6) is 5.88 Å². The summed E-state index contributed by atoms with van der Waals surface area (Å²) in [4.78, 5) is 7.61. The molecule has 7 heteroatoms. The van der Waals surface area contributed by atoms with E-state index in [4.69, 9.17) is 0 Å². The van der Waals surface area contributed by atoms with E-state index < -0.39 is 12.3 Å². The molecular weight excluding hydrogens is 223 g/mol. The Hall–Kier alpha value is -1.37. The van der Waals surface area contributed by atoms with Gasteiger partial charge in [0.25, 0.3) is 0 Å². The smallest absolute Gasteiger partial charge is 0.425 e. The topological polar surface area (TPSA) is 47.0 Å². The molecular formula is C9H12F3N3O. The van der Waals surface area contributed by atoms with Crippen molar-refractivity contribution in [2.75, 3.05) is 7.05 Å². The molecule has 1 unspecified atom stereocenters. The van der Waals surface area contributed by atoms with Gasteiger partial charge in [-0.25, -0.2) is 4.98 Å². The van der Waals surface area contributed by atoms with Gasteiger partial charge in [-0.3, -0.25) is 4.98 Å². The highest BCUT2D eigenvalue weighted by Crippen LogP contribution is 2.23. The van der Waals surface area contributed by atoms with Gasteiger partial charge in [0.1, 0.15) is 0 Å². The second-order valence-electron chi connectivity index (χ2n) is 3.18. The van der Waals surface area contributed by atoms with E-state index in [1.165, 1.54) is 6.20 Å². The second-order valence-corrected chi connectivity index (χ2v) is 3.18. The Morgan fingerprint density at radius 1 is 1.44 bits per heavy atom. The van der Waals surface area contributed by atoms with Gasteiger partial charge in [-0.1, -0.05) is 0 Å². The molecule has 16 heavy (non-hydrogen) atoms. The molecule has 1 heterocycles. The molecule has 90 valence electrons. The van der Waals surface area contributed by atoms with Crippen LogP contribution in [0.1, 0.15) is 12.6 Å². The third-order valence-electron chi connectivity index (χ3n) is 1.78. The van der Waals surface area contributed by atoms with Crippen molar-refractivity contribution in [2.45, 2.75) is 25.7 Å². The van der Waals surface area contributed by atoms with E-state index >= 15 is 0 Å². The normalized spacial score (nSPS) is 13.6. The maximum absolute atomic E-state index is 12.2. The van der Waals surface area contributed by atoms with Gasteiger partial charge in [0.05, 0.1) is 11.9 Å². The summed E-state index contributed by atoms with van der Waals surface area (Å²) in [5.41, 5.74) is 0.523. The molecule has 0 aliphatic heterocycles. The summed E-state index contributed by atoms with van der Waals surface area (Å²) < 4.78 is 41.2. The average Bonchev–Trinajstić information content (AvgIpc) is 2.17. The zero-order valence-electron chi connectivity index (χ0n) is 8.88. The van der Waals surface area contributed by atoms with Crippen LogP contribution >= 0.6 is 0 Å². The van der Waals surface area contributed by atoms with Gasteiger partial charge in [0.15, 0.2) is 6.10 Å². The molecule has 0 bridgehead atoms. The fourth-order valence-corrected chi connectivity index (χ4v) is 0.957. The quantitative estimate of drug-likeness (QED) is 0.859. The summed E-state index contributed by atoms with van der Waals surface area (Å²) >= 11 is 0. The van der Waals surface area contributed by atoms with Gasteiger partial charge < -0.3 is 10.1 Å². The van der Waals surface area contributed by atoms with Crippen molar-refractivity contribution in [3.63, 3.8) is 0 Å². The number of nitrogens with one attached hydrogen (secondary N) is 1. The Kier molecular flexibility index (Phi) is 4.05. The molecule has 0 saturated heterocycles. The van der Waals surface area contributed by atoms with Gasteiger partial charge >= 0.3 is 6.18 Å². The first-order valence-corrected chi connectivity index (χ1v) is 4.62. The van der Waals surface area contributed by atoms with Crippen molar-refractivity contribution < 1.29 is 17.9 Å². The van der Waals surface area contributed by atoms with Crippen LogP contribution in [-0.4, -0.2) is 29.3 Å². The molecule has 0 radical (unpaired) electrons. The second kappa shape index (κ2) is 5.11. The zero-order valence-corrected chi connectivity index (χ0v) is 8.88. The van der Waals surface area contributed by atoms with Crippen molar-refractivity contribution >= 4 is 0 Å². The number of hydrogen-bond acceptors (Lipinski definition) is 4. The van der Waals surface area contributed by atoms with Crippen molar-refractivity contribution in [3.05, 3.63) is 18.1 Å². The Morgan fingerprint density at radius 2 is 2.12 bits per heavy atom. The van der Waals surface area contributed by atoms with Crippen LogP contribution < -0.4 is 10.1 Å². The van der Waals surface area contributed by atoms with Gasteiger partial charge in [0, 0.05) is 12.7 Å². The lowest BCUT2D eigenvalue weighted by atomic mass is 10.4. The van der Waals surface area contributed by atoms with Crippen LogP contribution in [0.15, 0.2) is 12.4 Å². The predicted molar refractivity (Wildman–Crippen MR) is 50.9 cm³/mol.